The van der Waals surface area contributed by atoms with Crippen molar-refractivity contribution in [1.29, 1.82) is 0 Å². The summed E-state index contributed by atoms with van der Waals surface area (Å²) >= 11 is 0. The molecule has 1 aromatic heterocycles. The van der Waals surface area contributed by atoms with E-state index >= 15 is 0 Å². The number of hydrogen-bond donors (Lipinski definition) is 1. The summed E-state index contributed by atoms with van der Waals surface area (Å²) in [7, 11) is 0. The first-order valence-electron chi connectivity index (χ1n) is 8.18. The van der Waals surface area contributed by atoms with Gasteiger partial charge in [0.05, 0.1) is 0 Å². The molecule has 1 saturated carbocycles. The topological polar surface area (TPSA) is 25.2 Å². The van der Waals surface area contributed by atoms with Crippen molar-refractivity contribution in [2.45, 2.75) is 57.4 Å². The van der Waals surface area contributed by atoms with Crippen LogP contribution in [0.25, 0.3) is 11.0 Å². The highest BCUT2D eigenvalue weighted by Gasteiger charge is 2.23. The van der Waals surface area contributed by atoms with Gasteiger partial charge in [0, 0.05) is 17.3 Å². The molecule has 0 spiro atoms. The summed E-state index contributed by atoms with van der Waals surface area (Å²) in [6.45, 7) is 3.29. The molecule has 0 aliphatic heterocycles. The summed E-state index contributed by atoms with van der Waals surface area (Å²) in [5.41, 5.74) is 0.800. The standard InChI is InChI=1S/C18H24FNO/c1-2-9-20-16-6-4-3-5-13(11-16)18-12-14-10-15(19)7-8-17(14)21-18/h7-8,10,12-13,16,20H,2-6,9,11H2,1H3. The predicted octanol–water partition coefficient (Wildman–Crippen LogP) is 4.99. The number of nitrogens with one attached hydrogen (secondary N) is 1. The molecule has 1 fully saturated rings. The highest BCUT2D eigenvalue weighted by atomic mass is 19.1. The van der Waals surface area contributed by atoms with Gasteiger partial charge in [-0.1, -0.05) is 19.8 Å². The van der Waals surface area contributed by atoms with Gasteiger partial charge in [0.2, 0.25) is 0 Å². The van der Waals surface area contributed by atoms with E-state index in [0.717, 1.165) is 29.7 Å². The SMILES string of the molecule is CCCNC1CCCCC(c2cc3cc(F)ccc3o2)C1. The minimum Gasteiger partial charge on any atom is -0.461 e. The van der Waals surface area contributed by atoms with E-state index in [-0.39, 0.29) is 5.82 Å². The second-order valence-corrected chi connectivity index (χ2v) is 6.20. The molecule has 1 N–H and O–H groups in total. The van der Waals surface area contributed by atoms with Crippen LogP contribution in [0.3, 0.4) is 0 Å². The van der Waals surface area contributed by atoms with E-state index in [9.17, 15) is 4.39 Å². The third-order valence-corrected chi connectivity index (χ3v) is 4.51. The highest BCUT2D eigenvalue weighted by molar-refractivity contribution is 5.78. The molecule has 2 unspecified atom stereocenters. The minimum atomic E-state index is -0.196. The zero-order valence-electron chi connectivity index (χ0n) is 12.7. The smallest absolute Gasteiger partial charge is 0.134 e. The van der Waals surface area contributed by atoms with Crippen molar-refractivity contribution in [3.05, 3.63) is 35.8 Å². The second kappa shape index (κ2) is 6.61. The molecule has 0 bridgehead atoms. The van der Waals surface area contributed by atoms with Crippen LogP contribution in [0.5, 0.6) is 0 Å². The number of benzene rings is 1. The fourth-order valence-electron chi connectivity index (χ4n) is 3.39. The lowest BCUT2D eigenvalue weighted by Gasteiger charge is -2.19. The molecule has 3 rings (SSSR count). The number of hydrogen-bond acceptors (Lipinski definition) is 2. The van der Waals surface area contributed by atoms with Crippen molar-refractivity contribution in [2.75, 3.05) is 6.54 Å². The number of rotatable bonds is 4. The van der Waals surface area contributed by atoms with E-state index in [0.29, 0.717) is 12.0 Å². The van der Waals surface area contributed by atoms with E-state index in [4.69, 9.17) is 4.42 Å². The van der Waals surface area contributed by atoms with Gasteiger partial charge < -0.3 is 9.73 Å². The molecule has 1 aliphatic rings. The minimum absolute atomic E-state index is 0.196. The normalized spacial score (nSPS) is 23.3. The van der Waals surface area contributed by atoms with Crippen molar-refractivity contribution < 1.29 is 8.81 Å². The van der Waals surface area contributed by atoms with E-state index < -0.39 is 0 Å². The summed E-state index contributed by atoms with van der Waals surface area (Å²) in [4.78, 5) is 0. The Bertz CT molecular complexity index is 592. The molecule has 2 atom stereocenters. The van der Waals surface area contributed by atoms with Gasteiger partial charge in [-0.25, -0.2) is 4.39 Å². The zero-order chi connectivity index (χ0) is 14.7. The Kier molecular flexibility index (Phi) is 4.59. The molecule has 0 amide bonds. The van der Waals surface area contributed by atoms with Crippen LogP contribution in [0.15, 0.2) is 28.7 Å². The maximum absolute atomic E-state index is 13.3. The Hall–Kier alpha value is -1.35. The predicted molar refractivity (Wildman–Crippen MR) is 84.1 cm³/mol. The molecule has 21 heavy (non-hydrogen) atoms. The summed E-state index contributed by atoms with van der Waals surface area (Å²) in [6.07, 6.45) is 7.26. The third kappa shape index (κ3) is 3.46. The molecule has 114 valence electrons. The Morgan fingerprint density at radius 1 is 1.24 bits per heavy atom. The maximum Gasteiger partial charge on any atom is 0.134 e. The van der Waals surface area contributed by atoms with Gasteiger partial charge in [-0.2, -0.15) is 0 Å². The van der Waals surface area contributed by atoms with E-state index in [1.165, 1.54) is 38.2 Å². The molecule has 2 nitrogen and oxygen atoms in total. The number of furan rings is 1. The fraction of sp³-hybridized carbons (Fsp3) is 0.556. The largest absolute Gasteiger partial charge is 0.461 e. The van der Waals surface area contributed by atoms with Crippen LogP contribution < -0.4 is 5.32 Å². The molecular formula is C18H24FNO. The van der Waals surface area contributed by atoms with Gasteiger partial charge in [0.1, 0.15) is 17.2 Å². The Labute approximate surface area is 125 Å². The van der Waals surface area contributed by atoms with E-state index in [1.807, 2.05) is 6.07 Å². The van der Waals surface area contributed by atoms with Gasteiger partial charge in [-0.15, -0.1) is 0 Å². The van der Waals surface area contributed by atoms with Crippen LogP contribution >= 0.6 is 0 Å². The van der Waals surface area contributed by atoms with Crippen molar-refractivity contribution in [3.63, 3.8) is 0 Å². The van der Waals surface area contributed by atoms with Gasteiger partial charge in [0.25, 0.3) is 0 Å². The third-order valence-electron chi connectivity index (χ3n) is 4.51. The highest BCUT2D eigenvalue weighted by Crippen LogP contribution is 2.35. The second-order valence-electron chi connectivity index (χ2n) is 6.20. The zero-order valence-corrected chi connectivity index (χ0v) is 12.7. The first-order valence-corrected chi connectivity index (χ1v) is 8.18. The average Bonchev–Trinajstić information content (AvgIpc) is 2.75. The van der Waals surface area contributed by atoms with Crippen molar-refractivity contribution in [2.24, 2.45) is 0 Å². The van der Waals surface area contributed by atoms with Gasteiger partial charge in [-0.3, -0.25) is 0 Å². The molecule has 1 aromatic carbocycles. The van der Waals surface area contributed by atoms with Crippen LogP contribution in [0.2, 0.25) is 0 Å². The Morgan fingerprint density at radius 2 is 2.10 bits per heavy atom. The van der Waals surface area contributed by atoms with Crippen LogP contribution in [0, 0.1) is 5.82 Å². The molecule has 0 radical (unpaired) electrons. The number of halogens is 1. The van der Waals surface area contributed by atoms with Crippen molar-refractivity contribution in [3.8, 4) is 0 Å². The average molecular weight is 289 g/mol. The van der Waals surface area contributed by atoms with Crippen LogP contribution in [-0.4, -0.2) is 12.6 Å². The number of fused-ring (bicyclic) bond motifs is 1. The van der Waals surface area contributed by atoms with Crippen molar-refractivity contribution in [1.82, 2.24) is 5.32 Å². The van der Waals surface area contributed by atoms with E-state index in [2.05, 4.69) is 12.2 Å². The first kappa shape index (κ1) is 14.6. The summed E-state index contributed by atoms with van der Waals surface area (Å²) in [6, 6.07) is 7.38. The summed E-state index contributed by atoms with van der Waals surface area (Å²) in [5.74, 6) is 1.29. The van der Waals surface area contributed by atoms with E-state index in [1.54, 1.807) is 12.1 Å². The maximum atomic E-state index is 13.3. The van der Waals surface area contributed by atoms with Crippen LogP contribution in [0.4, 0.5) is 4.39 Å². The van der Waals surface area contributed by atoms with Gasteiger partial charge >= 0.3 is 0 Å². The summed E-state index contributed by atoms with van der Waals surface area (Å²) in [5, 5.41) is 4.53. The van der Waals surface area contributed by atoms with Gasteiger partial charge in [-0.05, 0) is 56.5 Å². The molecule has 1 aliphatic carbocycles. The van der Waals surface area contributed by atoms with Crippen molar-refractivity contribution >= 4 is 11.0 Å². The fourth-order valence-corrected chi connectivity index (χ4v) is 3.39. The molecule has 2 aromatic rings. The lowest BCUT2D eigenvalue weighted by Crippen LogP contribution is -2.30. The first-order chi connectivity index (χ1) is 10.3. The van der Waals surface area contributed by atoms with Crippen LogP contribution in [0.1, 0.15) is 57.1 Å². The molecular weight excluding hydrogens is 265 g/mol. The Morgan fingerprint density at radius 3 is 2.95 bits per heavy atom. The van der Waals surface area contributed by atoms with Crippen LogP contribution in [-0.2, 0) is 0 Å². The Balaban J connectivity index is 1.79. The quantitative estimate of drug-likeness (QED) is 0.802. The monoisotopic (exact) mass is 289 g/mol. The lowest BCUT2D eigenvalue weighted by atomic mass is 9.95. The molecule has 3 heteroatoms. The molecule has 1 heterocycles. The lowest BCUT2D eigenvalue weighted by molar-refractivity contribution is 0.402. The molecule has 0 saturated heterocycles. The summed E-state index contributed by atoms with van der Waals surface area (Å²) < 4.78 is 19.3. The van der Waals surface area contributed by atoms with Gasteiger partial charge in [0.15, 0.2) is 0 Å².